The third-order valence-electron chi connectivity index (χ3n) is 3.78. The molecule has 0 spiro atoms. The predicted molar refractivity (Wildman–Crippen MR) is 70.9 cm³/mol. The third-order valence-corrected chi connectivity index (χ3v) is 3.78. The van der Waals surface area contributed by atoms with E-state index < -0.39 is 0 Å². The molecule has 2 N–H and O–H groups in total. The van der Waals surface area contributed by atoms with Gasteiger partial charge in [0.05, 0.1) is 6.61 Å². The molecule has 1 aliphatic heterocycles. The fourth-order valence-electron chi connectivity index (χ4n) is 2.52. The number of rotatable bonds is 3. The Hall–Kier alpha value is -1.06. The van der Waals surface area contributed by atoms with Crippen LogP contribution in [0, 0.1) is 5.92 Å². The SMILES string of the molecule is C[C@H](N)C1=C(/C=C/C2CC2)C=C2OCCOC2C1. The molecule has 1 saturated heterocycles. The normalized spacial score (nSPS) is 29.9. The Kier molecular flexibility index (Phi) is 3.27. The van der Waals surface area contributed by atoms with Crippen molar-refractivity contribution in [1.29, 1.82) is 0 Å². The van der Waals surface area contributed by atoms with Crippen LogP contribution in [0.15, 0.2) is 35.1 Å². The average Bonchev–Trinajstić information content (AvgIpc) is 3.19. The Morgan fingerprint density at radius 3 is 2.94 bits per heavy atom. The van der Waals surface area contributed by atoms with Crippen molar-refractivity contribution in [3.8, 4) is 0 Å². The van der Waals surface area contributed by atoms with Crippen LogP contribution in [0.4, 0.5) is 0 Å². The standard InChI is InChI=1S/C15H21NO2/c1-10(16)13-9-15-14(17-6-7-18-15)8-12(13)5-4-11-2-3-11/h4-5,8,10-11,15H,2-3,6-7,9,16H2,1H3/b5-4+/t10-,15?/m0/s1. The third kappa shape index (κ3) is 2.52. The molecule has 1 unspecified atom stereocenters. The molecule has 2 fully saturated rings. The average molecular weight is 247 g/mol. The number of ether oxygens (including phenoxy) is 2. The lowest BCUT2D eigenvalue weighted by Gasteiger charge is -2.32. The van der Waals surface area contributed by atoms with Crippen molar-refractivity contribution in [3.05, 3.63) is 35.1 Å². The van der Waals surface area contributed by atoms with Crippen LogP contribution in [-0.2, 0) is 9.47 Å². The first kappa shape index (κ1) is 12.0. The van der Waals surface area contributed by atoms with Gasteiger partial charge in [-0.2, -0.15) is 0 Å². The van der Waals surface area contributed by atoms with E-state index in [9.17, 15) is 0 Å². The summed E-state index contributed by atoms with van der Waals surface area (Å²) in [6, 6.07) is 0.0761. The van der Waals surface area contributed by atoms with Gasteiger partial charge >= 0.3 is 0 Å². The number of nitrogens with two attached hydrogens (primary N) is 1. The quantitative estimate of drug-likeness (QED) is 0.832. The molecule has 3 heteroatoms. The van der Waals surface area contributed by atoms with Gasteiger partial charge in [-0.1, -0.05) is 12.2 Å². The fourth-order valence-corrected chi connectivity index (χ4v) is 2.52. The summed E-state index contributed by atoms with van der Waals surface area (Å²) >= 11 is 0. The zero-order valence-corrected chi connectivity index (χ0v) is 10.9. The van der Waals surface area contributed by atoms with E-state index >= 15 is 0 Å². The molecule has 0 aromatic rings. The van der Waals surface area contributed by atoms with Crippen molar-refractivity contribution in [1.82, 2.24) is 0 Å². The van der Waals surface area contributed by atoms with Crippen molar-refractivity contribution in [2.75, 3.05) is 13.2 Å². The van der Waals surface area contributed by atoms with Gasteiger partial charge in [-0.15, -0.1) is 0 Å². The van der Waals surface area contributed by atoms with Gasteiger partial charge in [-0.3, -0.25) is 0 Å². The lowest BCUT2D eigenvalue weighted by atomic mass is 9.89. The Morgan fingerprint density at radius 2 is 2.22 bits per heavy atom. The van der Waals surface area contributed by atoms with Gasteiger partial charge in [0.1, 0.15) is 18.5 Å². The van der Waals surface area contributed by atoms with E-state index in [0.717, 1.165) is 18.1 Å². The van der Waals surface area contributed by atoms with Gasteiger partial charge < -0.3 is 15.2 Å². The van der Waals surface area contributed by atoms with E-state index in [4.69, 9.17) is 15.2 Å². The first-order valence-electron chi connectivity index (χ1n) is 6.87. The Labute approximate surface area is 108 Å². The molecule has 1 saturated carbocycles. The van der Waals surface area contributed by atoms with Gasteiger partial charge in [0.25, 0.3) is 0 Å². The maximum atomic E-state index is 6.08. The maximum Gasteiger partial charge on any atom is 0.126 e. The molecule has 2 atom stereocenters. The summed E-state index contributed by atoms with van der Waals surface area (Å²) in [6.45, 7) is 3.39. The van der Waals surface area contributed by atoms with Crippen LogP contribution in [0.25, 0.3) is 0 Å². The molecule has 3 nitrogen and oxygen atoms in total. The van der Waals surface area contributed by atoms with Gasteiger partial charge in [0.2, 0.25) is 0 Å². The Bertz CT molecular complexity index is 416. The van der Waals surface area contributed by atoms with Crippen LogP contribution in [0.2, 0.25) is 0 Å². The molecular formula is C15H21NO2. The van der Waals surface area contributed by atoms with Gasteiger partial charge in [-0.05, 0) is 42.9 Å². The van der Waals surface area contributed by atoms with E-state index in [-0.39, 0.29) is 12.1 Å². The van der Waals surface area contributed by atoms with E-state index in [1.807, 2.05) is 6.92 Å². The highest BCUT2D eigenvalue weighted by molar-refractivity contribution is 5.44. The Balaban J connectivity index is 1.86. The number of hydrogen-bond acceptors (Lipinski definition) is 3. The molecule has 0 radical (unpaired) electrons. The smallest absolute Gasteiger partial charge is 0.126 e. The predicted octanol–water partition coefficient (Wildman–Crippen LogP) is 2.30. The summed E-state index contributed by atoms with van der Waals surface area (Å²) in [6.07, 6.45) is 10.2. The Morgan fingerprint density at radius 1 is 1.39 bits per heavy atom. The summed E-state index contributed by atoms with van der Waals surface area (Å²) in [5.74, 6) is 1.76. The van der Waals surface area contributed by atoms with E-state index in [1.54, 1.807) is 0 Å². The van der Waals surface area contributed by atoms with Crippen molar-refractivity contribution >= 4 is 0 Å². The minimum absolute atomic E-state index is 0.0761. The van der Waals surface area contributed by atoms with Crippen LogP contribution >= 0.6 is 0 Å². The monoisotopic (exact) mass is 247 g/mol. The van der Waals surface area contributed by atoms with Crippen molar-refractivity contribution < 1.29 is 9.47 Å². The summed E-state index contributed by atoms with van der Waals surface area (Å²) in [5, 5.41) is 0. The van der Waals surface area contributed by atoms with Crippen molar-refractivity contribution in [3.63, 3.8) is 0 Å². The number of allylic oxidation sites excluding steroid dienone is 4. The second-order valence-electron chi connectivity index (χ2n) is 5.42. The largest absolute Gasteiger partial charge is 0.493 e. The topological polar surface area (TPSA) is 44.5 Å². The number of fused-ring (bicyclic) bond motifs is 1. The van der Waals surface area contributed by atoms with Crippen LogP contribution < -0.4 is 5.73 Å². The minimum Gasteiger partial charge on any atom is -0.493 e. The molecule has 0 aromatic carbocycles. The summed E-state index contributed by atoms with van der Waals surface area (Å²) in [4.78, 5) is 0. The first-order chi connectivity index (χ1) is 8.74. The summed E-state index contributed by atoms with van der Waals surface area (Å²) < 4.78 is 11.4. The van der Waals surface area contributed by atoms with Crippen molar-refractivity contribution in [2.24, 2.45) is 11.7 Å². The maximum absolute atomic E-state index is 6.08. The molecule has 0 amide bonds. The highest BCUT2D eigenvalue weighted by atomic mass is 16.6. The molecule has 98 valence electrons. The molecule has 3 rings (SSSR count). The zero-order valence-electron chi connectivity index (χ0n) is 10.9. The van der Waals surface area contributed by atoms with Gasteiger partial charge in [0, 0.05) is 12.5 Å². The van der Waals surface area contributed by atoms with Gasteiger partial charge in [0.15, 0.2) is 0 Å². The molecule has 2 aliphatic carbocycles. The fraction of sp³-hybridized carbons (Fsp3) is 0.600. The van der Waals surface area contributed by atoms with Crippen LogP contribution in [0.3, 0.4) is 0 Å². The van der Waals surface area contributed by atoms with Crippen LogP contribution in [0.5, 0.6) is 0 Å². The lowest BCUT2D eigenvalue weighted by molar-refractivity contribution is -0.0433. The van der Waals surface area contributed by atoms with Crippen LogP contribution in [-0.4, -0.2) is 25.4 Å². The second kappa shape index (κ2) is 4.90. The highest BCUT2D eigenvalue weighted by Crippen LogP contribution is 2.34. The van der Waals surface area contributed by atoms with Crippen LogP contribution in [0.1, 0.15) is 26.2 Å². The van der Waals surface area contributed by atoms with E-state index in [1.165, 1.54) is 24.0 Å². The zero-order chi connectivity index (χ0) is 12.5. The molecule has 1 heterocycles. The highest BCUT2D eigenvalue weighted by Gasteiger charge is 2.28. The lowest BCUT2D eigenvalue weighted by Crippen LogP contribution is -2.33. The molecular weight excluding hydrogens is 226 g/mol. The second-order valence-corrected chi connectivity index (χ2v) is 5.42. The van der Waals surface area contributed by atoms with E-state index in [0.29, 0.717) is 13.2 Å². The molecule has 0 bridgehead atoms. The molecule has 0 aromatic heterocycles. The summed E-state index contributed by atoms with van der Waals surface area (Å²) in [7, 11) is 0. The first-order valence-corrected chi connectivity index (χ1v) is 6.87. The van der Waals surface area contributed by atoms with Crippen molar-refractivity contribution in [2.45, 2.75) is 38.3 Å². The van der Waals surface area contributed by atoms with Gasteiger partial charge in [-0.25, -0.2) is 0 Å². The molecule has 18 heavy (non-hydrogen) atoms. The minimum atomic E-state index is 0.0761. The van der Waals surface area contributed by atoms with E-state index in [2.05, 4.69) is 18.2 Å². The molecule has 3 aliphatic rings. The summed E-state index contributed by atoms with van der Waals surface area (Å²) in [5.41, 5.74) is 8.60. The number of hydrogen-bond donors (Lipinski definition) is 1.